The highest BCUT2D eigenvalue weighted by Gasteiger charge is 2.27. The van der Waals surface area contributed by atoms with Crippen molar-refractivity contribution in [3.05, 3.63) is 47.8 Å². The maximum atomic E-state index is 5.45. The number of aryl methyl sites for hydroxylation is 1. The van der Waals surface area contributed by atoms with Gasteiger partial charge in [-0.25, -0.2) is 4.98 Å². The first-order valence-electron chi connectivity index (χ1n) is 9.35. The quantitative estimate of drug-likeness (QED) is 0.454. The van der Waals surface area contributed by atoms with Crippen LogP contribution in [0.2, 0.25) is 0 Å². The molecule has 0 radical (unpaired) electrons. The van der Waals surface area contributed by atoms with Gasteiger partial charge in [0.05, 0.1) is 24.2 Å². The summed E-state index contributed by atoms with van der Waals surface area (Å²) in [5.74, 6) is 1.65. The lowest BCUT2D eigenvalue weighted by atomic mass is 10.0. The van der Waals surface area contributed by atoms with Crippen LogP contribution in [0.25, 0.3) is 28.5 Å². The SMILES string of the molecule is CCn1cc2c(n1)-c1cc(OC)ccc1-n1cnc(-c3nc(COC)no3)c1C2. The van der Waals surface area contributed by atoms with Crippen molar-refractivity contribution in [2.75, 3.05) is 14.2 Å². The minimum atomic E-state index is 0.287. The molecule has 9 nitrogen and oxygen atoms in total. The topological polar surface area (TPSA) is 93.0 Å². The van der Waals surface area contributed by atoms with Gasteiger partial charge in [-0.3, -0.25) is 4.68 Å². The fourth-order valence-corrected chi connectivity index (χ4v) is 3.67. The van der Waals surface area contributed by atoms with E-state index in [1.807, 2.05) is 22.9 Å². The molecule has 0 amide bonds. The Labute approximate surface area is 166 Å². The zero-order valence-electron chi connectivity index (χ0n) is 16.4. The highest BCUT2D eigenvalue weighted by molar-refractivity contribution is 5.77. The Kier molecular flexibility index (Phi) is 4.17. The maximum Gasteiger partial charge on any atom is 0.278 e. The number of methoxy groups -OCH3 is 2. The fraction of sp³-hybridized carbons (Fsp3) is 0.300. The highest BCUT2D eigenvalue weighted by atomic mass is 16.5. The first-order chi connectivity index (χ1) is 14.2. The molecule has 1 aromatic carbocycles. The van der Waals surface area contributed by atoms with Gasteiger partial charge in [0.25, 0.3) is 5.89 Å². The summed E-state index contributed by atoms with van der Waals surface area (Å²) in [6.07, 6.45) is 4.51. The van der Waals surface area contributed by atoms with Crippen molar-refractivity contribution in [1.82, 2.24) is 29.5 Å². The summed E-state index contributed by atoms with van der Waals surface area (Å²) in [6.45, 7) is 3.16. The van der Waals surface area contributed by atoms with Crippen molar-refractivity contribution in [2.24, 2.45) is 0 Å². The number of nitrogens with zero attached hydrogens (tertiary/aromatic N) is 6. The molecule has 29 heavy (non-hydrogen) atoms. The van der Waals surface area contributed by atoms with Gasteiger partial charge in [0.2, 0.25) is 0 Å². The van der Waals surface area contributed by atoms with Crippen molar-refractivity contribution in [2.45, 2.75) is 26.5 Å². The average molecular weight is 392 g/mol. The Morgan fingerprint density at radius 3 is 2.90 bits per heavy atom. The second kappa shape index (κ2) is 6.85. The van der Waals surface area contributed by atoms with Crippen LogP contribution >= 0.6 is 0 Å². The van der Waals surface area contributed by atoms with Crippen LogP contribution in [-0.2, 0) is 24.3 Å². The Morgan fingerprint density at radius 2 is 2.10 bits per heavy atom. The van der Waals surface area contributed by atoms with E-state index in [2.05, 4.69) is 32.8 Å². The molecular formula is C20H20N6O3. The third-order valence-corrected chi connectivity index (χ3v) is 5.05. The molecule has 0 bridgehead atoms. The van der Waals surface area contributed by atoms with Crippen molar-refractivity contribution in [3.8, 4) is 34.3 Å². The minimum Gasteiger partial charge on any atom is -0.497 e. The molecule has 0 spiro atoms. The maximum absolute atomic E-state index is 5.45. The van der Waals surface area contributed by atoms with E-state index < -0.39 is 0 Å². The second-order valence-corrected chi connectivity index (χ2v) is 6.78. The Hall–Kier alpha value is -3.46. The largest absolute Gasteiger partial charge is 0.497 e. The van der Waals surface area contributed by atoms with Crippen LogP contribution in [0.3, 0.4) is 0 Å². The average Bonchev–Trinajstić information content (AvgIpc) is 3.45. The van der Waals surface area contributed by atoms with Gasteiger partial charge >= 0.3 is 0 Å². The molecule has 4 heterocycles. The van der Waals surface area contributed by atoms with Gasteiger partial charge in [-0.15, -0.1) is 0 Å². The molecule has 0 N–H and O–H groups in total. The summed E-state index contributed by atoms with van der Waals surface area (Å²) in [4.78, 5) is 9.01. The zero-order valence-corrected chi connectivity index (χ0v) is 16.4. The van der Waals surface area contributed by atoms with Crippen LogP contribution in [0.1, 0.15) is 24.0 Å². The first kappa shape index (κ1) is 17.6. The van der Waals surface area contributed by atoms with Gasteiger partial charge < -0.3 is 18.6 Å². The number of ether oxygens (including phenoxy) is 2. The lowest BCUT2D eigenvalue weighted by molar-refractivity contribution is 0.174. The number of fused-ring (bicyclic) bond motifs is 5. The van der Waals surface area contributed by atoms with Gasteiger partial charge in [-0.2, -0.15) is 10.1 Å². The molecule has 0 saturated carbocycles. The molecule has 4 aromatic rings. The standard InChI is InChI=1S/C20H20N6O3/c1-4-25-9-12-7-16-19(20-22-17(10-27-2)24-29-20)21-11-26(16)15-6-5-13(28-3)8-14(15)18(12)23-25/h5-6,8-9,11H,4,7,10H2,1-3H3. The van der Waals surface area contributed by atoms with Crippen LogP contribution in [0, 0.1) is 0 Å². The van der Waals surface area contributed by atoms with E-state index in [-0.39, 0.29) is 6.61 Å². The Balaban J connectivity index is 1.71. The van der Waals surface area contributed by atoms with Gasteiger partial charge in [-0.05, 0) is 25.1 Å². The van der Waals surface area contributed by atoms with Crippen molar-refractivity contribution in [1.29, 1.82) is 0 Å². The highest BCUT2D eigenvalue weighted by Crippen LogP contribution is 2.38. The first-order valence-corrected chi connectivity index (χ1v) is 9.35. The molecule has 3 aromatic heterocycles. The van der Waals surface area contributed by atoms with Crippen LogP contribution in [0.5, 0.6) is 5.75 Å². The summed E-state index contributed by atoms with van der Waals surface area (Å²) in [5, 5.41) is 8.77. The number of imidazole rings is 1. The summed E-state index contributed by atoms with van der Waals surface area (Å²) in [7, 11) is 3.26. The van der Waals surface area contributed by atoms with E-state index >= 15 is 0 Å². The van der Waals surface area contributed by atoms with Crippen molar-refractivity contribution >= 4 is 0 Å². The molecule has 0 aliphatic carbocycles. The summed E-state index contributed by atoms with van der Waals surface area (Å²) in [6, 6.07) is 5.97. The van der Waals surface area contributed by atoms with E-state index in [0.29, 0.717) is 23.8 Å². The molecule has 0 unspecified atom stereocenters. The summed E-state index contributed by atoms with van der Waals surface area (Å²) >= 11 is 0. The minimum absolute atomic E-state index is 0.287. The number of benzene rings is 1. The molecule has 5 rings (SSSR count). The molecule has 1 aliphatic heterocycles. The molecule has 0 saturated heterocycles. The van der Waals surface area contributed by atoms with Crippen molar-refractivity contribution in [3.63, 3.8) is 0 Å². The van der Waals surface area contributed by atoms with Gasteiger partial charge in [0.1, 0.15) is 18.7 Å². The third kappa shape index (κ3) is 2.82. The van der Waals surface area contributed by atoms with Gasteiger partial charge in [0.15, 0.2) is 11.5 Å². The monoisotopic (exact) mass is 392 g/mol. The van der Waals surface area contributed by atoms with Gasteiger partial charge in [-0.1, -0.05) is 5.16 Å². The lowest BCUT2D eigenvalue weighted by Crippen LogP contribution is -2.01. The second-order valence-electron chi connectivity index (χ2n) is 6.78. The molecule has 0 atom stereocenters. The number of hydrogen-bond donors (Lipinski definition) is 0. The molecule has 1 aliphatic rings. The number of hydrogen-bond acceptors (Lipinski definition) is 7. The number of rotatable bonds is 5. The summed E-state index contributed by atoms with van der Waals surface area (Å²) in [5.41, 5.74) is 5.67. The molecular weight excluding hydrogens is 372 g/mol. The van der Waals surface area contributed by atoms with Crippen LogP contribution < -0.4 is 4.74 Å². The molecule has 148 valence electrons. The van der Waals surface area contributed by atoms with E-state index in [9.17, 15) is 0 Å². The molecule has 0 fully saturated rings. The predicted octanol–water partition coefficient (Wildman–Crippen LogP) is 2.86. The van der Waals surface area contributed by atoms with E-state index in [1.165, 1.54) is 0 Å². The van der Waals surface area contributed by atoms with Crippen molar-refractivity contribution < 1.29 is 14.0 Å². The fourth-order valence-electron chi connectivity index (χ4n) is 3.67. The lowest BCUT2D eigenvalue weighted by Gasteiger charge is -2.11. The Morgan fingerprint density at radius 1 is 1.21 bits per heavy atom. The normalized spacial score (nSPS) is 12.2. The van der Waals surface area contributed by atoms with Crippen LogP contribution in [0.15, 0.2) is 35.2 Å². The van der Waals surface area contributed by atoms with Crippen LogP contribution in [-0.4, -0.2) is 43.7 Å². The van der Waals surface area contributed by atoms with E-state index in [1.54, 1.807) is 20.5 Å². The predicted molar refractivity (Wildman–Crippen MR) is 104 cm³/mol. The third-order valence-electron chi connectivity index (χ3n) is 5.05. The molecule has 9 heteroatoms. The number of aromatic nitrogens is 6. The van der Waals surface area contributed by atoms with Crippen LogP contribution in [0.4, 0.5) is 0 Å². The van der Waals surface area contributed by atoms with Gasteiger partial charge in [0, 0.05) is 37.4 Å². The smallest absolute Gasteiger partial charge is 0.278 e. The summed E-state index contributed by atoms with van der Waals surface area (Å²) < 4.78 is 20.0. The zero-order chi connectivity index (χ0) is 20.0. The Bertz CT molecular complexity index is 1190. The van der Waals surface area contributed by atoms with E-state index in [4.69, 9.17) is 19.1 Å². The van der Waals surface area contributed by atoms with E-state index in [0.717, 1.165) is 40.5 Å².